The maximum atomic E-state index is 12.5. The molecule has 1 aliphatic carbocycles. The molecule has 118 valence electrons. The Kier molecular flexibility index (Phi) is 4.42. The quantitative estimate of drug-likeness (QED) is 0.871. The van der Waals surface area contributed by atoms with Crippen LogP contribution in [-0.2, 0) is 16.1 Å². The van der Waals surface area contributed by atoms with Gasteiger partial charge >= 0.3 is 0 Å². The highest BCUT2D eigenvalue weighted by Crippen LogP contribution is 2.49. The van der Waals surface area contributed by atoms with Gasteiger partial charge in [-0.1, -0.05) is 13.8 Å². The molecule has 1 amide bonds. The summed E-state index contributed by atoms with van der Waals surface area (Å²) in [5.74, 6) is -0.103. The Morgan fingerprint density at radius 2 is 2.19 bits per heavy atom. The van der Waals surface area contributed by atoms with Crippen LogP contribution < -0.4 is 11.1 Å². The average molecular weight is 311 g/mol. The van der Waals surface area contributed by atoms with Crippen LogP contribution >= 0.6 is 11.3 Å². The number of carbonyl (C=O) groups is 1. The van der Waals surface area contributed by atoms with Gasteiger partial charge in [0.15, 0.2) is 0 Å². The van der Waals surface area contributed by atoms with Gasteiger partial charge in [-0.25, -0.2) is 4.98 Å². The van der Waals surface area contributed by atoms with Crippen LogP contribution in [0.4, 0.5) is 0 Å². The Hall–Kier alpha value is -0.980. The molecule has 0 bridgehead atoms. The van der Waals surface area contributed by atoms with E-state index < -0.39 is 5.54 Å². The highest BCUT2D eigenvalue weighted by molar-refractivity contribution is 7.11. The van der Waals surface area contributed by atoms with Gasteiger partial charge in [0.25, 0.3) is 0 Å². The van der Waals surface area contributed by atoms with Crippen LogP contribution in [0.2, 0.25) is 0 Å². The normalized spacial score (nSPS) is 27.2. The zero-order chi connectivity index (χ0) is 15.8. The number of nitrogens with two attached hydrogens (primary N) is 1. The summed E-state index contributed by atoms with van der Waals surface area (Å²) in [5.41, 5.74) is 6.11. The van der Waals surface area contributed by atoms with Crippen molar-refractivity contribution in [1.82, 2.24) is 10.3 Å². The molecule has 3 N–H and O–H groups in total. The first-order valence-corrected chi connectivity index (χ1v) is 8.15. The van der Waals surface area contributed by atoms with Gasteiger partial charge in [0.1, 0.15) is 5.54 Å². The molecule has 2 unspecified atom stereocenters. The fourth-order valence-electron chi connectivity index (χ4n) is 2.88. The number of ether oxygens (including phenoxy) is 1. The van der Waals surface area contributed by atoms with E-state index in [2.05, 4.69) is 10.3 Å². The lowest BCUT2D eigenvalue weighted by atomic mass is 9.54. The van der Waals surface area contributed by atoms with Crippen molar-refractivity contribution < 1.29 is 9.53 Å². The Balaban J connectivity index is 1.99. The maximum absolute atomic E-state index is 12.5. The molecule has 5 nitrogen and oxygen atoms in total. The van der Waals surface area contributed by atoms with Gasteiger partial charge in [0, 0.05) is 23.3 Å². The first-order valence-electron chi connectivity index (χ1n) is 7.34. The number of hydrogen-bond acceptors (Lipinski definition) is 5. The number of thiazole rings is 1. The zero-order valence-corrected chi connectivity index (χ0v) is 14.3. The van der Waals surface area contributed by atoms with Crippen LogP contribution in [0.15, 0.2) is 0 Å². The Labute approximate surface area is 130 Å². The van der Waals surface area contributed by atoms with E-state index in [1.54, 1.807) is 11.3 Å². The standard InChI is InChI=1S/C15H25N3O2S/c1-6-20-12-7-15(16,14(12,4)5)13(19)17-8-11-9(2)18-10(3)21-11/h12H,6-8,16H2,1-5H3,(H,17,19). The largest absolute Gasteiger partial charge is 0.378 e. The van der Waals surface area contributed by atoms with Crippen molar-refractivity contribution in [3.05, 3.63) is 15.6 Å². The molecule has 6 heteroatoms. The summed E-state index contributed by atoms with van der Waals surface area (Å²) in [6, 6.07) is 0. The van der Waals surface area contributed by atoms with E-state index in [0.29, 0.717) is 19.6 Å². The first-order chi connectivity index (χ1) is 9.72. The highest BCUT2D eigenvalue weighted by Gasteiger charge is 2.62. The molecule has 2 rings (SSSR count). The summed E-state index contributed by atoms with van der Waals surface area (Å²) in [4.78, 5) is 17.9. The molecule has 21 heavy (non-hydrogen) atoms. The van der Waals surface area contributed by atoms with Crippen molar-refractivity contribution in [2.75, 3.05) is 6.61 Å². The molecule has 1 saturated carbocycles. The monoisotopic (exact) mass is 311 g/mol. The molecule has 1 aliphatic rings. The second kappa shape index (κ2) is 5.66. The van der Waals surface area contributed by atoms with E-state index in [1.807, 2.05) is 34.6 Å². The summed E-state index contributed by atoms with van der Waals surface area (Å²) >= 11 is 1.61. The van der Waals surface area contributed by atoms with Gasteiger partial charge < -0.3 is 15.8 Å². The highest BCUT2D eigenvalue weighted by atomic mass is 32.1. The fourth-order valence-corrected chi connectivity index (χ4v) is 3.75. The summed E-state index contributed by atoms with van der Waals surface area (Å²) < 4.78 is 5.66. The molecule has 0 saturated heterocycles. The second-order valence-corrected chi connectivity index (χ2v) is 7.55. The average Bonchev–Trinajstić information content (AvgIpc) is 2.73. The molecule has 1 heterocycles. The SMILES string of the molecule is CCOC1CC(N)(C(=O)NCc2sc(C)nc2C)C1(C)C. The summed E-state index contributed by atoms with van der Waals surface area (Å²) in [7, 11) is 0. The number of amides is 1. The van der Waals surface area contributed by atoms with E-state index in [4.69, 9.17) is 10.5 Å². The van der Waals surface area contributed by atoms with Gasteiger partial charge in [-0.15, -0.1) is 11.3 Å². The van der Waals surface area contributed by atoms with Gasteiger partial charge in [-0.3, -0.25) is 4.79 Å². The minimum absolute atomic E-state index is 0.0469. The number of nitrogens with zero attached hydrogens (tertiary/aromatic N) is 1. The molecule has 0 aromatic carbocycles. The van der Waals surface area contributed by atoms with Crippen molar-refractivity contribution in [2.24, 2.45) is 11.1 Å². The summed E-state index contributed by atoms with van der Waals surface area (Å²) in [5, 5.41) is 3.98. The minimum atomic E-state index is -0.861. The van der Waals surface area contributed by atoms with E-state index in [0.717, 1.165) is 15.6 Å². The molecule has 1 aromatic rings. The van der Waals surface area contributed by atoms with Crippen LogP contribution in [0.5, 0.6) is 0 Å². The molecule has 2 atom stereocenters. The molecule has 1 aromatic heterocycles. The predicted octanol–water partition coefficient (Wildman–Crippen LogP) is 1.91. The number of aromatic nitrogens is 1. The lowest BCUT2D eigenvalue weighted by molar-refractivity contribution is -0.170. The van der Waals surface area contributed by atoms with Gasteiger partial charge in [0.05, 0.1) is 23.4 Å². The van der Waals surface area contributed by atoms with Crippen molar-refractivity contribution >= 4 is 17.2 Å². The molecule has 1 fully saturated rings. The molecular weight excluding hydrogens is 286 g/mol. The second-order valence-electron chi connectivity index (χ2n) is 6.27. The van der Waals surface area contributed by atoms with E-state index in [-0.39, 0.29) is 17.4 Å². The third-order valence-electron chi connectivity index (χ3n) is 4.64. The van der Waals surface area contributed by atoms with E-state index >= 15 is 0 Å². The Bertz CT molecular complexity index is 541. The Morgan fingerprint density at radius 1 is 1.52 bits per heavy atom. The third-order valence-corrected chi connectivity index (χ3v) is 5.72. The predicted molar refractivity (Wildman–Crippen MR) is 84.2 cm³/mol. The van der Waals surface area contributed by atoms with Crippen LogP contribution in [0.1, 0.15) is 42.8 Å². The van der Waals surface area contributed by atoms with Crippen LogP contribution in [0.3, 0.4) is 0 Å². The zero-order valence-electron chi connectivity index (χ0n) is 13.4. The first kappa shape index (κ1) is 16.4. The number of aryl methyl sites for hydroxylation is 2. The van der Waals surface area contributed by atoms with Crippen molar-refractivity contribution in [1.29, 1.82) is 0 Å². The number of hydrogen-bond donors (Lipinski definition) is 2. The topological polar surface area (TPSA) is 77.2 Å². The fraction of sp³-hybridized carbons (Fsp3) is 0.733. The van der Waals surface area contributed by atoms with E-state index in [9.17, 15) is 4.79 Å². The summed E-state index contributed by atoms with van der Waals surface area (Å²) in [6.45, 7) is 11.0. The minimum Gasteiger partial charge on any atom is -0.378 e. The molecular formula is C15H25N3O2S. The Morgan fingerprint density at radius 3 is 2.67 bits per heavy atom. The lowest BCUT2D eigenvalue weighted by Crippen LogP contribution is -2.75. The van der Waals surface area contributed by atoms with Crippen LogP contribution in [-0.4, -0.2) is 29.1 Å². The molecule has 0 spiro atoms. The number of carbonyl (C=O) groups excluding carboxylic acids is 1. The number of rotatable bonds is 5. The van der Waals surface area contributed by atoms with Crippen molar-refractivity contribution in [3.8, 4) is 0 Å². The van der Waals surface area contributed by atoms with Crippen LogP contribution in [0.25, 0.3) is 0 Å². The summed E-state index contributed by atoms with van der Waals surface area (Å²) in [6.07, 6.45) is 0.617. The van der Waals surface area contributed by atoms with Gasteiger partial charge in [-0.2, -0.15) is 0 Å². The van der Waals surface area contributed by atoms with E-state index in [1.165, 1.54) is 0 Å². The third kappa shape index (κ3) is 2.72. The lowest BCUT2D eigenvalue weighted by Gasteiger charge is -2.57. The van der Waals surface area contributed by atoms with Gasteiger partial charge in [0.2, 0.25) is 5.91 Å². The van der Waals surface area contributed by atoms with Crippen molar-refractivity contribution in [2.45, 2.75) is 59.2 Å². The van der Waals surface area contributed by atoms with Crippen LogP contribution in [0, 0.1) is 19.3 Å². The molecule has 0 aliphatic heterocycles. The van der Waals surface area contributed by atoms with Crippen molar-refractivity contribution in [3.63, 3.8) is 0 Å². The van der Waals surface area contributed by atoms with Gasteiger partial charge in [-0.05, 0) is 20.8 Å². The molecule has 0 radical (unpaired) electrons. The maximum Gasteiger partial charge on any atom is 0.241 e. The smallest absolute Gasteiger partial charge is 0.241 e. The number of nitrogens with one attached hydrogen (secondary N) is 1.